The first kappa shape index (κ1) is 14.3. The number of nitrogens with zero attached hydrogens (tertiary/aromatic N) is 1. The van der Waals surface area contributed by atoms with E-state index in [2.05, 4.69) is 24.1 Å². The lowest BCUT2D eigenvalue weighted by molar-refractivity contribution is 0.103. The van der Waals surface area contributed by atoms with Crippen LogP contribution in [0, 0.1) is 5.41 Å². The second-order valence-electron chi connectivity index (χ2n) is 6.66. The molecule has 2 N–H and O–H groups in total. The molecule has 3 heteroatoms. The molecule has 3 nitrogen and oxygen atoms in total. The summed E-state index contributed by atoms with van der Waals surface area (Å²) in [4.78, 5) is 2.52. The smallest absolute Gasteiger partial charge is 0.0586 e. The maximum absolute atomic E-state index is 9.43. The van der Waals surface area contributed by atoms with Gasteiger partial charge >= 0.3 is 0 Å². The van der Waals surface area contributed by atoms with Crippen LogP contribution in [0.1, 0.15) is 52.4 Å². The lowest BCUT2D eigenvalue weighted by Gasteiger charge is -2.36. The highest BCUT2D eigenvalue weighted by molar-refractivity contribution is 4.89. The molecule has 0 aromatic carbocycles. The number of rotatable bonds is 8. The van der Waals surface area contributed by atoms with Crippen LogP contribution in [0.2, 0.25) is 0 Å². The molecule has 2 atom stereocenters. The van der Waals surface area contributed by atoms with E-state index in [0.29, 0.717) is 18.1 Å². The van der Waals surface area contributed by atoms with Crippen molar-refractivity contribution in [2.75, 3.05) is 26.2 Å². The van der Waals surface area contributed by atoms with E-state index in [1.165, 1.54) is 45.1 Å². The highest BCUT2D eigenvalue weighted by atomic mass is 16.3. The first-order valence-electron chi connectivity index (χ1n) is 7.75. The first-order chi connectivity index (χ1) is 8.67. The zero-order valence-corrected chi connectivity index (χ0v) is 12.1. The van der Waals surface area contributed by atoms with Crippen molar-refractivity contribution >= 4 is 0 Å². The molecule has 2 rings (SSSR count). The van der Waals surface area contributed by atoms with Crippen molar-refractivity contribution in [1.82, 2.24) is 10.2 Å². The van der Waals surface area contributed by atoms with Gasteiger partial charge in [-0.15, -0.1) is 0 Å². The number of hydrogen-bond acceptors (Lipinski definition) is 3. The summed E-state index contributed by atoms with van der Waals surface area (Å²) in [6.07, 6.45) is 7.69. The van der Waals surface area contributed by atoms with Crippen molar-refractivity contribution in [3.63, 3.8) is 0 Å². The van der Waals surface area contributed by atoms with Crippen molar-refractivity contribution in [2.24, 2.45) is 5.41 Å². The van der Waals surface area contributed by atoms with Crippen LogP contribution in [0.5, 0.6) is 0 Å². The van der Waals surface area contributed by atoms with Crippen LogP contribution in [-0.2, 0) is 0 Å². The summed E-state index contributed by atoms with van der Waals surface area (Å²) in [6.45, 7) is 8.49. The molecule has 2 unspecified atom stereocenters. The Morgan fingerprint density at radius 1 is 1.33 bits per heavy atom. The lowest BCUT2D eigenvalue weighted by atomic mass is 9.84. The predicted octanol–water partition coefficient (Wildman–Crippen LogP) is 2.00. The Morgan fingerprint density at radius 2 is 2.11 bits per heavy atom. The summed E-state index contributed by atoms with van der Waals surface area (Å²) in [5, 5.41) is 13.1. The van der Waals surface area contributed by atoms with Crippen LogP contribution in [-0.4, -0.2) is 48.3 Å². The average Bonchev–Trinajstić information content (AvgIpc) is 3.07. The van der Waals surface area contributed by atoms with E-state index in [1.54, 1.807) is 0 Å². The zero-order valence-electron chi connectivity index (χ0n) is 12.1. The second kappa shape index (κ2) is 6.36. The van der Waals surface area contributed by atoms with Gasteiger partial charge in [0.25, 0.3) is 0 Å². The standard InChI is InChI=1S/C15H30N2O/c1-3-8-15(2,11-16-13-6-7-13)12-17-9-4-5-14(17)10-18/h13-14,16,18H,3-12H2,1-2H3. The quantitative estimate of drug-likeness (QED) is 0.695. The SMILES string of the molecule is CCCC(C)(CNC1CC1)CN1CCCC1CO. The molecule has 0 amide bonds. The van der Waals surface area contributed by atoms with E-state index >= 15 is 0 Å². The fourth-order valence-corrected chi connectivity index (χ4v) is 3.31. The molecule has 2 aliphatic rings. The number of aliphatic hydroxyl groups excluding tert-OH is 1. The summed E-state index contributed by atoms with van der Waals surface area (Å²) >= 11 is 0. The van der Waals surface area contributed by atoms with Gasteiger partial charge in [-0.1, -0.05) is 20.3 Å². The third kappa shape index (κ3) is 3.94. The van der Waals surface area contributed by atoms with Gasteiger partial charge in [0, 0.05) is 25.2 Å². The largest absolute Gasteiger partial charge is 0.395 e. The van der Waals surface area contributed by atoms with Crippen LogP contribution in [0.15, 0.2) is 0 Å². The molecule has 1 aliphatic carbocycles. The average molecular weight is 254 g/mol. The Bertz CT molecular complexity index is 255. The summed E-state index contributed by atoms with van der Waals surface area (Å²) in [7, 11) is 0. The molecule has 1 saturated heterocycles. The molecule has 1 saturated carbocycles. The Balaban J connectivity index is 1.86. The maximum Gasteiger partial charge on any atom is 0.0586 e. The van der Waals surface area contributed by atoms with Gasteiger partial charge in [0.15, 0.2) is 0 Å². The fraction of sp³-hybridized carbons (Fsp3) is 1.00. The van der Waals surface area contributed by atoms with Gasteiger partial charge in [-0.25, -0.2) is 0 Å². The lowest BCUT2D eigenvalue weighted by Crippen LogP contribution is -2.45. The molecule has 0 spiro atoms. The first-order valence-corrected chi connectivity index (χ1v) is 7.75. The molecule has 0 radical (unpaired) electrons. The minimum Gasteiger partial charge on any atom is -0.395 e. The topological polar surface area (TPSA) is 35.5 Å². The van der Waals surface area contributed by atoms with E-state index in [4.69, 9.17) is 0 Å². The Morgan fingerprint density at radius 3 is 2.72 bits per heavy atom. The van der Waals surface area contributed by atoms with Gasteiger partial charge in [-0.2, -0.15) is 0 Å². The number of aliphatic hydroxyl groups is 1. The van der Waals surface area contributed by atoms with Gasteiger partial charge in [0.05, 0.1) is 6.61 Å². The van der Waals surface area contributed by atoms with Gasteiger partial charge in [-0.3, -0.25) is 4.90 Å². The summed E-state index contributed by atoms with van der Waals surface area (Å²) in [6, 6.07) is 1.22. The minimum atomic E-state index is 0.332. The molecule has 18 heavy (non-hydrogen) atoms. The van der Waals surface area contributed by atoms with Gasteiger partial charge in [-0.05, 0) is 44.1 Å². The highest BCUT2D eigenvalue weighted by Crippen LogP contribution is 2.29. The number of hydrogen-bond donors (Lipinski definition) is 2. The van der Waals surface area contributed by atoms with Crippen LogP contribution in [0.25, 0.3) is 0 Å². The third-order valence-electron chi connectivity index (χ3n) is 4.54. The molecule has 0 bridgehead atoms. The molecular formula is C15H30N2O. The molecule has 1 aliphatic heterocycles. The van der Waals surface area contributed by atoms with E-state index in [-0.39, 0.29) is 0 Å². The Labute approximate surface area is 112 Å². The molecular weight excluding hydrogens is 224 g/mol. The fourth-order valence-electron chi connectivity index (χ4n) is 3.31. The van der Waals surface area contributed by atoms with Gasteiger partial charge < -0.3 is 10.4 Å². The van der Waals surface area contributed by atoms with Crippen molar-refractivity contribution in [2.45, 2.75) is 64.5 Å². The van der Waals surface area contributed by atoms with Crippen LogP contribution in [0.3, 0.4) is 0 Å². The van der Waals surface area contributed by atoms with Crippen LogP contribution >= 0.6 is 0 Å². The van der Waals surface area contributed by atoms with Gasteiger partial charge in [0.2, 0.25) is 0 Å². The second-order valence-corrected chi connectivity index (χ2v) is 6.66. The van der Waals surface area contributed by atoms with E-state index in [9.17, 15) is 5.11 Å². The number of nitrogens with one attached hydrogen (secondary N) is 1. The Hall–Kier alpha value is -0.120. The van der Waals surface area contributed by atoms with Gasteiger partial charge in [0.1, 0.15) is 0 Å². The van der Waals surface area contributed by atoms with Crippen LogP contribution in [0.4, 0.5) is 0 Å². The highest BCUT2D eigenvalue weighted by Gasteiger charge is 2.33. The van der Waals surface area contributed by atoms with E-state index < -0.39 is 0 Å². The Kier molecular flexibility index (Phi) is 5.05. The summed E-state index contributed by atoms with van der Waals surface area (Å²) in [5.74, 6) is 0. The summed E-state index contributed by atoms with van der Waals surface area (Å²) in [5.41, 5.74) is 0.370. The molecule has 0 aromatic rings. The van der Waals surface area contributed by atoms with Crippen molar-refractivity contribution in [3.8, 4) is 0 Å². The molecule has 106 valence electrons. The normalized spacial score (nSPS) is 28.5. The van der Waals surface area contributed by atoms with E-state index in [0.717, 1.165) is 19.1 Å². The van der Waals surface area contributed by atoms with Crippen LogP contribution < -0.4 is 5.32 Å². The van der Waals surface area contributed by atoms with Crippen molar-refractivity contribution in [3.05, 3.63) is 0 Å². The number of likely N-dealkylation sites (tertiary alicyclic amines) is 1. The zero-order chi connectivity index (χ0) is 13.0. The van der Waals surface area contributed by atoms with E-state index in [1.807, 2.05) is 0 Å². The predicted molar refractivity (Wildman–Crippen MR) is 75.7 cm³/mol. The maximum atomic E-state index is 9.43. The molecule has 1 heterocycles. The molecule has 2 fully saturated rings. The summed E-state index contributed by atoms with van der Waals surface area (Å²) < 4.78 is 0. The van der Waals surface area contributed by atoms with Crippen molar-refractivity contribution < 1.29 is 5.11 Å². The van der Waals surface area contributed by atoms with Crippen molar-refractivity contribution in [1.29, 1.82) is 0 Å². The minimum absolute atomic E-state index is 0.332. The molecule has 0 aromatic heterocycles. The monoisotopic (exact) mass is 254 g/mol. The third-order valence-corrected chi connectivity index (χ3v) is 4.54.